The van der Waals surface area contributed by atoms with Crippen LogP contribution in [-0.2, 0) is 6.54 Å². The third kappa shape index (κ3) is 2.71. The van der Waals surface area contributed by atoms with Crippen molar-refractivity contribution in [2.45, 2.75) is 38.8 Å². The van der Waals surface area contributed by atoms with Crippen LogP contribution < -0.4 is 11.3 Å². The molecule has 2 unspecified atom stereocenters. The molecule has 1 aliphatic rings. The number of hydrogen-bond acceptors (Lipinski definition) is 5. The molecule has 2 aromatic rings. The van der Waals surface area contributed by atoms with E-state index < -0.39 is 0 Å². The predicted octanol–water partition coefficient (Wildman–Crippen LogP) is 0.367. The molecular formula is C14H22N6O. The zero-order chi connectivity index (χ0) is 14.8. The molecule has 0 aromatic carbocycles. The fraction of sp³-hybridized carbons (Fsp3) is 0.643. The highest BCUT2D eigenvalue weighted by Gasteiger charge is 2.30. The lowest BCUT2D eigenvalue weighted by Crippen LogP contribution is -2.40. The van der Waals surface area contributed by atoms with Gasteiger partial charge in [0.05, 0.1) is 5.69 Å². The predicted molar refractivity (Wildman–Crippen MR) is 79.9 cm³/mol. The van der Waals surface area contributed by atoms with Gasteiger partial charge in [0, 0.05) is 18.7 Å². The zero-order valence-corrected chi connectivity index (χ0v) is 12.3. The standard InChI is InChI=1S/C14H22N6O/c1-2-19(12-5-3-4-10(12)7-15)8-11-6-13(21)20-14(18-11)16-9-17-20/h6,9-10,12H,2-5,7-8,15H2,1H3,(H,16,17,18). The average Bonchev–Trinajstić information content (AvgIpc) is 3.13. The smallest absolute Gasteiger partial charge is 0.274 e. The Balaban J connectivity index is 1.83. The lowest BCUT2D eigenvalue weighted by atomic mass is 10.0. The summed E-state index contributed by atoms with van der Waals surface area (Å²) >= 11 is 0. The van der Waals surface area contributed by atoms with Crippen molar-refractivity contribution in [2.24, 2.45) is 11.7 Å². The molecule has 7 heteroatoms. The molecule has 1 aliphatic carbocycles. The fourth-order valence-corrected chi connectivity index (χ4v) is 3.39. The molecule has 1 saturated carbocycles. The van der Waals surface area contributed by atoms with Crippen LogP contribution in [0.3, 0.4) is 0 Å². The molecule has 114 valence electrons. The van der Waals surface area contributed by atoms with Crippen LogP contribution in [0.4, 0.5) is 0 Å². The molecule has 0 saturated heterocycles. The Morgan fingerprint density at radius 1 is 1.52 bits per heavy atom. The molecule has 7 nitrogen and oxygen atoms in total. The molecule has 0 bridgehead atoms. The summed E-state index contributed by atoms with van der Waals surface area (Å²) in [6, 6.07) is 2.08. The van der Waals surface area contributed by atoms with E-state index in [-0.39, 0.29) is 5.56 Å². The van der Waals surface area contributed by atoms with E-state index >= 15 is 0 Å². The number of hydrogen-bond donors (Lipinski definition) is 2. The second-order valence-electron chi connectivity index (χ2n) is 5.67. The zero-order valence-electron chi connectivity index (χ0n) is 12.3. The molecule has 3 rings (SSSR count). The van der Waals surface area contributed by atoms with Gasteiger partial charge in [-0.25, -0.2) is 9.97 Å². The molecule has 3 N–H and O–H groups in total. The number of aromatic nitrogens is 4. The fourth-order valence-electron chi connectivity index (χ4n) is 3.39. The minimum absolute atomic E-state index is 0.120. The van der Waals surface area contributed by atoms with E-state index in [2.05, 4.69) is 26.9 Å². The maximum Gasteiger partial charge on any atom is 0.274 e. The van der Waals surface area contributed by atoms with Gasteiger partial charge in [0.15, 0.2) is 0 Å². The number of nitrogens with zero attached hydrogens (tertiary/aromatic N) is 4. The highest BCUT2D eigenvalue weighted by Crippen LogP contribution is 2.29. The summed E-state index contributed by atoms with van der Waals surface area (Å²) in [5.74, 6) is 0.982. The maximum absolute atomic E-state index is 12.0. The molecule has 0 radical (unpaired) electrons. The minimum Gasteiger partial charge on any atom is -0.330 e. The van der Waals surface area contributed by atoms with Gasteiger partial charge >= 0.3 is 0 Å². The molecule has 0 aliphatic heterocycles. The Hall–Kier alpha value is -1.73. The number of nitrogens with two attached hydrogens (primary N) is 1. The van der Waals surface area contributed by atoms with Crippen LogP contribution in [0.1, 0.15) is 31.9 Å². The van der Waals surface area contributed by atoms with Crippen LogP contribution in [0.25, 0.3) is 5.78 Å². The highest BCUT2D eigenvalue weighted by molar-refractivity contribution is 5.26. The van der Waals surface area contributed by atoms with Gasteiger partial charge in [-0.2, -0.15) is 4.52 Å². The van der Waals surface area contributed by atoms with E-state index in [9.17, 15) is 4.79 Å². The van der Waals surface area contributed by atoms with Crippen molar-refractivity contribution in [3.8, 4) is 0 Å². The monoisotopic (exact) mass is 290 g/mol. The van der Waals surface area contributed by atoms with Crippen molar-refractivity contribution in [3.05, 3.63) is 28.4 Å². The van der Waals surface area contributed by atoms with Gasteiger partial charge in [-0.1, -0.05) is 13.3 Å². The van der Waals surface area contributed by atoms with Gasteiger partial charge in [0.25, 0.3) is 11.3 Å². The lowest BCUT2D eigenvalue weighted by Gasteiger charge is -2.31. The summed E-state index contributed by atoms with van der Waals surface area (Å²) in [6.45, 7) is 4.49. The summed E-state index contributed by atoms with van der Waals surface area (Å²) in [5, 5.41) is 2.75. The van der Waals surface area contributed by atoms with Gasteiger partial charge < -0.3 is 5.73 Å². The van der Waals surface area contributed by atoms with Crippen LogP contribution in [0.5, 0.6) is 0 Å². The van der Waals surface area contributed by atoms with Crippen molar-refractivity contribution >= 4 is 5.78 Å². The summed E-state index contributed by atoms with van der Waals surface area (Å²) in [7, 11) is 0. The first-order chi connectivity index (χ1) is 10.2. The molecule has 0 spiro atoms. The van der Waals surface area contributed by atoms with E-state index in [0.29, 0.717) is 24.3 Å². The highest BCUT2D eigenvalue weighted by atomic mass is 16.1. The number of nitrogens with one attached hydrogen (secondary N) is 1. The first-order valence-corrected chi connectivity index (χ1v) is 7.59. The van der Waals surface area contributed by atoms with Crippen molar-refractivity contribution in [2.75, 3.05) is 13.1 Å². The largest absolute Gasteiger partial charge is 0.330 e. The van der Waals surface area contributed by atoms with Gasteiger partial charge in [-0.3, -0.25) is 14.8 Å². The van der Waals surface area contributed by atoms with Gasteiger partial charge in [-0.15, -0.1) is 0 Å². The van der Waals surface area contributed by atoms with Crippen LogP contribution in [-0.4, -0.2) is 43.6 Å². The van der Waals surface area contributed by atoms with Crippen LogP contribution >= 0.6 is 0 Å². The first-order valence-electron chi connectivity index (χ1n) is 7.59. The summed E-state index contributed by atoms with van der Waals surface area (Å²) in [5.41, 5.74) is 6.54. The lowest BCUT2D eigenvalue weighted by molar-refractivity contribution is 0.160. The quantitative estimate of drug-likeness (QED) is 0.830. The second kappa shape index (κ2) is 5.95. The van der Waals surface area contributed by atoms with E-state index in [4.69, 9.17) is 5.73 Å². The van der Waals surface area contributed by atoms with Crippen molar-refractivity contribution < 1.29 is 0 Å². The number of aromatic amines is 1. The number of fused-ring (bicyclic) bond motifs is 1. The molecule has 2 heterocycles. The summed E-state index contributed by atoms with van der Waals surface area (Å²) < 4.78 is 1.35. The average molecular weight is 290 g/mol. The molecule has 1 fully saturated rings. The Labute approximate surface area is 123 Å². The third-order valence-electron chi connectivity index (χ3n) is 4.48. The van der Waals surface area contributed by atoms with Crippen LogP contribution in [0, 0.1) is 5.92 Å². The third-order valence-corrected chi connectivity index (χ3v) is 4.48. The summed E-state index contributed by atoms with van der Waals surface area (Å²) in [6.07, 6.45) is 5.09. The van der Waals surface area contributed by atoms with Crippen molar-refractivity contribution in [1.82, 2.24) is 24.5 Å². The number of H-pyrrole nitrogens is 1. The molecular weight excluding hydrogens is 268 g/mol. The normalized spacial score (nSPS) is 22.4. The first kappa shape index (κ1) is 14.2. The van der Waals surface area contributed by atoms with E-state index in [1.807, 2.05) is 0 Å². The van der Waals surface area contributed by atoms with Crippen LogP contribution in [0.2, 0.25) is 0 Å². The molecule has 2 atom stereocenters. The summed E-state index contributed by atoms with van der Waals surface area (Å²) in [4.78, 5) is 22.9. The molecule has 0 amide bonds. The molecule has 21 heavy (non-hydrogen) atoms. The van der Waals surface area contributed by atoms with Gasteiger partial charge in [0.1, 0.15) is 6.33 Å². The van der Waals surface area contributed by atoms with Crippen LogP contribution in [0.15, 0.2) is 17.2 Å². The van der Waals surface area contributed by atoms with Gasteiger partial charge in [0.2, 0.25) is 0 Å². The minimum atomic E-state index is -0.120. The van der Waals surface area contributed by atoms with Crippen molar-refractivity contribution in [3.63, 3.8) is 0 Å². The second-order valence-corrected chi connectivity index (χ2v) is 5.67. The number of rotatable bonds is 5. The Morgan fingerprint density at radius 2 is 2.38 bits per heavy atom. The van der Waals surface area contributed by atoms with Gasteiger partial charge in [-0.05, 0) is 31.8 Å². The van der Waals surface area contributed by atoms with E-state index in [1.165, 1.54) is 30.1 Å². The Kier molecular flexibility index (Phi) is 4.03. The maximum atomic E-state index is 12.0. The van der Waals surface area contributed by atoms with E-state index in [1.54, 1.807) is 6.07 Å². The van der Waals surface area contributed by atoms with Crippen molar-refractivity contribution in [1.29, 1.82) is 0 Å². The van der Waals surface area contributed by atoms with E-state index in [0.717, 1.165) is 18.8 Å². The Bertz CT molecular complexity index is 663. The SMILES string of the molecule is CCN(Cc1cc(=O)n2[nH]cnc2n1)C1CCCC1CN. The molecule has 2 aromatic heterocycles. The topological polar surface area (TPSA) is 92.3 Å². The Morgan fingerprint density at radius 3 is 3.14 bits per heavy atom.